The second-order valence-electron chi connectivity index (χ2n) is 4.81. The number of methoxy groups -OCH3 is 1. The van der Waals surface area contributed by atoms with Gasteiger partial charge in [-0.3, -0.25) is 4.90 Å². The van der Waals surface area contributed by atoms with Crippen molar-refractivity contribution in [1.82, 2.24) is 10.2 Å². The summed E-state index contributed by atoms with van der Waals surface area (Å²) in [5.41, 5.74) is 2.59. The molecule has 0 aromatic heterocycles. The summed E-state index contributed by atoms with van der Waals surface area (Å²) in [6, 6.07) is 7.12. The molecule has 1 aliphatic rings. The molecule has 3 nitrogen and oxygen atoms in total. The normalized spacial score (nSPS) is 20.8. The van der Waals surface area contributed by atoms with Gasteiger partial charge in [-0.25, -0.2) is 0 Å². The highest BCUT2D eigenvalue weighted by molar-refractivity contribution is 5.36. The summed E-state index contributed by atoms with van der Waals surface area (Å²) in [6.45, 7) is 5.49. The quantitative estimate of drug-likeness (QED) is 0.859. The van der Waals surface area contributed by atoms with Crippen LogP contribution in [0.4, 0.5) is 0 Å². The first kappa shape index (κ1) is 12.4. The van der Waals surface area contributed by atoms with E-state index in [1.807, 2.05) is 7.05 Å². The molecule has 1 saturated heterocycles. The van der Waals surface area contributed by atoms with Gasteiger partial charge in [0.15, 0.2) is 0 Å². The molecule has 0 spiro atoms. The zero-order chi connectivity index (χ0) is 12.3. The van der Waals surface area contributed by atoms with E-state index in [1.54, 1.807) is 7.11 Å². The van der Waals surface area contributed by atoms with Gasteiger partial charge in [-0.15, -0.1) is 0 Å². The number of likely N-dealkylation sites (N-methyl/N-ethyl adjacent to an activating group) is 1. The lowest BCUT2D eigenvalue weighted by atomic mass is 10.1. The Bertz CT molecular complexity index is 378. The molecule has 3 heteroatoms. The minimum atomic E-state index is 0.661. The maximum Gasteiger partial charge on any atom is 0.121 e. The fourth-order valence-electron chi connectivity index (χ4n) is 2.51. The van der Waals surface area contributed by atoms with E-state index in [0.717, 1.165) is 18.8 Å². The standard InChI is InChI=1S/C14H22N2O/c1-11-8-12(4-5-14(11)17-3)9-16-7-6-13(10-16)15-2/h4-5,8,13,15H,6-7,9-10H2,1-3H3. The van der Waals surface area contributed by atoms with Crippen LogP contribution in [0.2, 0.25) is 0 Å². The number of ether oxygens (including phenoxy) is 1. The summed E-state index contributed by atoms with van der Waals surface area (Å²) in [6.07, 6.45) is 1.26. The summed E-state index contributed by atoms with van der Waals surface area (Å²) < 4.78 is 5.28. The Labute approximate surface area is 104 Å². The fourth-order valence-corrected chi connectivity index (χ4v) is 2.51. The Balaban J connectivity index is 1.97. The second-order valence-corrected chi connectivity index (χ2v) is 4.81. The van der Waals surface area contributed by atoms with Crippen LogP contribution in [-0.2, 0) is 6.54 Å². The zero-order valence-electron chi connectivity index (χ0n) is 11.0. The van der Waals surface area contributed by atoms with Crippen LogP contribution in [0.3, 0.4) is 0 Å². The van der Waals surface area contributed by atoms with Crippen LogP contribution in [0, 0.1) is 6.92 Å². The van der Waals surface area contributed by atoms with Gasteiger partial charge in [0.05, 0.1) is 7.11 Å². The fraction of sp³-hybridized carbons (Fsp3) is 0.571. The van der Waals surface area contributed by atoms with E-state index in [1.165, 1.54) is 24.1 Å². The van der Waals surface area contributed by atoms with Crippen molar-refractivity contribution >= 4 is 0 Å². The van der Waals surface area contributed by atoms with E-state index >= 15 is 0 Å². The third-order valence-corrected chi connectivity index (χ3v) is 3.55. The summed E-state index contributed by atoms with van der Waals surface area (Å²) in [4.78, 5) is 2.50. The van der Waals surface area contributed by atoms with Crippen molar-refractivity contribution in [2.45, 2.75) is 25.9 Å². The number of hydrogen-bond donors (Lipinski definition) is 1. The molecule has 0 aliphatic carbocycles. The molecule has 17 heavy (non-hydrogen) atoms. The Kier molecular flexibility index (Phi) is 4.02. The molecule has 0 amide bonds. The van der Waals surface area contributed by atoms with Crippen molar-refractivity contribution in [3.8, 4) is 5.75 Å². The molecule has 0 bridgehead atoms. The lowest BCUT2D eigenvalue weighted by Gasteiger charge is -2.16. The molecule has 1 aromatic rings. The first-order chi connectivity index (χ1) is 8.22. The molecular weight excluding hydrogens is 212 g/mol. The average Bonchev–Trinajstić information content (AvgIpc) is 2.77. The smallest absolute Gasteiger partial charge is 0.121 e. The number of nitrogens with zero attached hydrogens (tertiary/aromatic N) is 1. The highest BCUT2D eigenvalue weighted by atomic mass is 16.5. The molecule has 1 heterocycles. The van der Waals surface area contributed by atoms with Crippen LogP contribution in [0.25, 0.3) is 0 Å². The molecule has 0 saturated carbocycles. The molecule has 1 aromatic carbocycles. The van der Waals surface area contributed by atoms with Gasteiger partial charge in [-0.05, 0) is 37.6 Å². The van der Waals surface area contributed by atoms with Gasteiger partial charge >= 0.3 is 0 Å². The van der Waals surface area contributed by atoms with E-state index in [2.05, 4.69) is 35.3 Å². The van der Waals surface area contributed by atoms with Gasteiger partial charge < -0.3 is 10.1 Å². The summed E-state index contributed by atoms with van der Waals surface area (Å²) in [5.74, 6) is 0.975. The van der Waals surface area contributed by atoms with Crippen LogP contribution >= 0.6 is 0 Å². The van der Waals surface area contributed by atoms with Gasteiger partial charge in [0.2, 0.25) is 0 Å². The van der Waals surface area contributed by atoms with Crippen LogP contribution < -0.4 is 10.1 Å². The average molecular weight is 234 g/mol. The lowest BCUT2D eigenvalue weighted by molar-refractivity contribution is 0.322. The Morgan fingerprint density at radius 1 is 1.47 bits per heavy atom. The maximum atomic E-state index is 5.28. The Morgan fingerprint density at radius 2 is 2.29 bits per heavy atom. The van der Waals surface area contributed by atoms with Crippen molar-refractivity contribution in [2.24, 2.45) is 0 Å². The molecular formula is C14H22N2O. The topological polar surface area (TPSA) is 24.5 Å². The first-order valence-electron chi connectivity index (χ1n) is 6.26. The first-order valence-corrected chi connectivity index (χ1v) is 6.26. The number of hydrogen-bond acceptors (Lipinski definition) is 3. The van der Waals surface area contributed by atoms with E-state index in [-0.39, 0.29) is 0 Å². The number of nitrogens with one attached hydrogen (secondary N) is 1. The molecule has 94 valence electrons. The molecule has 2 rings (SSSR count). The van der Waals surface area contributed by atoms with Gasteiger partial charge in [0.25, 0.3) is 0 Å². The summed E-state index contributed by atoms with van der Waals surface area (Å²) in [7, 11) is 3.77. The van der Waals surface area contributed by atoms with Crippen molar-refractivity contribution in [3.05, 3.63) is 29.3 Å². The lowest BCUT2D eigenvalue weighted by Crippen LogP contribution is -2.29. The summed E-state index contributed by atoms with van der Waals surface area (Å²) in [5, 5.41) is 3.35. The zero-order valence-corrected chi connectivity index (χ0v) is 11.0. The van der Waals surface area contributed by atoms with E-state index < -0.39 is 0 Å². The molecule has 1 N–H and O–H groups in total. The third-order valence-electron chi connectivity index (χ3n) is 3.55. The van der Waals surface area contributed by atoms with E-state index in [0.29, 0.717) is 6.04 Å². The molecule has 1 fully saturated rings. The summed E-state index contributed by atoms with van der Waals surface area (Å²) >= 11 is 0. The van der Waals surface area contributed by atoms with Crippen LogP contribution in [0.1, 0.15) is 17.5 Å². The maximum absolute atomic E-state index is 5.28. The van der Waals surface area contributed by atoms with Gasteiger partial charge in [0, 0.05) is 25.7 Å². The highest BCUT2D eigenvalue weighted by Crippen LogP contribution is 2.20. The second kappa shape index (κ2) is 5.52. The Hall–Kier alpha value is -1.06. The highest BCUT2D eigenvalue weighted by Gasteiger charge is 2.20. The Morgan fingerprint density at radius 3 is 2.88 bits per heavy atom. The molecule has 1 aliphatic heterocycles. The van der Waals surface area contributed by atoms with Gasteiger partial charge in [0.1, 0.15) is 5.75 Å². The minimum Gasteiger partial charge on any atom is -0.496 e. The van der Waals surface area contributed by atoms with Crippen molar-refractivity contribution < 1.29 is 4.74 Å². The monoisotopic (exact) mass is 234 g/mol. The van der Waals surface area contributed by atoms with Crippen molar-refractivity contribution in [2.75, 3.05) is 27.2 Å². The van der Waals surface area contributed by atoms with Crippen LogP contribution in [0.15, 0.2) is 18.2 Å². The minimum absolute atomic E-state index is 0.661. The molecule has 1 unspecified atom stereocenters. The largest absolute Gasteiger partial charge is 0.496 e. The third kappa shape index (κ3) is 2.99. The molecule has 1 atom stereocenters. The number of aryl methyl sites for hydroxylation is 1. The number of benzene rings is 1. The van der Waals surface area contributed by atoms with E-state index in [4.69, 9.17) is 4.74 Å². The predicted molar refractivity (Wildman–Crippen MR) is 70.5 cm³/mol. The van der Waals surface area contributed by atoms with Crippen molar-refractivity contribution in [1.29, 1.82) is 0 Å². The van der Waals surface area contributed by atoms with Gasteiger partial charge in [-0.1, -0.05) is 12.1 Å². The van der Waals surface area contributed by atoms with Gasteiger partial charge in [-0.2, -0.15) is 0 Å². The van der Waals surface area contributed by atoms with E-state index in [9.17, 15) is 0 Å². The van der Waals surface area contributed by atoms with Crippen molar-refractivity contribution in [3.63, 3.8) is 0 Å². The predicted octanol–water partition coefficient (Wildman–Crippen LogP) is 1.80. The van der Waals surface area contributed by atoms with Crippen LogP contribution in [0.5, 0.6) is 5.75 Å². The number of rotatable bonds is 4. The SMILES string of the molecule is CNC1CCN(Cc2ccc(OC)c(C)c2)C1. The molecule has 0 radical (unpaired) electrons. The number of likely N-dealkylation sites (tertiary alicyclic amines) is 1. The van der Waals surface area contributed by atoms with Crippen LogP contribution in [-0.4, -0.2) is 38.2 Å².